The first-order valence-electron chi connectivity index (χ1n) is 18.3. The Labute approximate surface area is 307 Å². The van der Waals surface area contributed by atoms with Crippen molar-refractivity contribution in [3.05, 3.63) is 194 Å². The molecule has 246 valence electrons. The molecule has 0 amide bonds. The Morgan fingerprint density at radius 2 is 0.755 bits per heavy atom. The molecule has 11 rings (SSSR count). The minimum Gasteiger partial charge on any atom is -0.354 e. The van der Waals surface area contributed by atoms with Crippen molar-refractivity contribution >= 4 is 64.9 Å². The molecule has 10 aromatic carbocycles. The summed E-state index contributed by atoms with van der Waals surface area (Å²) in [5.41, 5.74) is 12.2. The number of rotatable bonds is 4. The van der Waals surface area contributed by atoms with E-state index in [9.17, 15) is 0 Å². The van der Waals surface area contributed by atoms with Crippen LogP contribution in [0.3, 0.4) is 0 Å². The largest absolute Gasteiger partial charge is 0.354 e. The van der Waals surface area contributed by atoms with Crippen molar-refractivity contribution in [3.8, 4) is 44.5 Å². The van der Waals surface area contributed by atoms with Gasteiger partial charge in [-0.15, -0.1) is 0 Å². The zero-order chi connectivity index (χ0) is 34.9. The van der Waals surface area contributed by atoms with Crippen LogP contribution in [0.2, 0.25) is 0 Å². The summed E-state index contributed by atoms with van der Waals surface area (Å²) in [5.74, 6) is 0. The summed E-state index contributed by atoms with van der Waals surface area (Å²) in [6.45, 7) is 0. The summed E-state index contributed by atoms with van der Waals surface area (Å²) in [4.78, 5) is 3.77. The molecular weight excluding hydrogens is 639 g/mol. The Morgan fingerprint density at radius 3 is 1.47 bits per heavy atom. The van der Waals surface area contributed by atoms with Gasteiger partial charge in [0.1, 0.15) is 0 Å². The second-order valence-corrected chi connectivity index (χ2v) is 14.1. The predicted octanol–water partition coefficient (Wildman–Crippen LogP) is 14.6. The molecule has 0 saturated heterocycles. The third kappa shape index (κ3) is 4.71. The molecule has 0 fully saturated rings. The highest BCUT2D eigenvalue weighted by molar-refractivity contribution is 6.22. The first-order valence-corrected chi connectivity index (χ1v) is 18.3. The molecular formula is C52H33N. The lowest BCUT2D eigenvalue weighted by Gasteiger charge is -2.18. The van der Waals surface area contributed by atoms with E-state index in [4.69, 9.17) is 0 Å². The number of benzene rings is 10. The average molecular weight is 672 g/mol. The first kappa shape index (κ1) is 29.7. The van der Waals surface area contributed by atoms with Gasteiger partial charge in [0.05, 0.1) is 5.52 Å². The maximum Gasteiger partial charge on any atom is 0.0544 e. The molecule has 1 heterocycles. The number of nitrogens with one attached hydrogen (secondary N) is 1. The number of aromatic amines is 1. The maximum atomic E-state index is 3.77. The van der Waals surface area contributed by atoms with Crippen molar-refractivity contribution in [2.24, 2.45) is 0 Å². The fourth-order valence-electron chi connectivity index (χ4n) is 8.73. The summed E-state index contributed by atoms with van der Waals surface area (Å²) in [6, 6.07) is 71.2. The molecule has 1 aromatic heterocycles. The van der Waals surface area contributed by atoms with Gasteiger partial charge in [-0.1, -0.05) is 182 Å². The van der Waals surface area contributed by atoms with E-state index in [1.54, 1.807) is 0 Å². The van der Waals surface area contributed by atoms with Gasteiger partial charge in [-0.3, -0.25) is 0 Å². The van der Waals surface area contributed by atoms with Crippen molar-refractivity contribution in [3.63, 3.8) is 0 Å². The van der Waals surface area contributed by atoms with Crippen LogP contribution < -0.4 is 0 Å². The van der Waals surface area contributed by atoms with Crippen LogP contribution in [0.4, 0.5) is 0 Å². The van der Waals surface area contributed by atoms with E-state index in [-0.39, 0.29) is 0 Å². The van der Waals surface area contributed by atoms with Crippen LogP contribution in [-0.2, 0) is 0 Å². The summed E-state index contributed by atoms with van der Waals surface area (Å²) in [6.07, 6.45) is 0. The zero-order valence-corrected chi connectivity index (χ0v) is 29.0. The quantitative estimate of drug-likeness (QED) is 0.179. The van der Waals surface area contributed by atoms with Gasteiger partial charge in [0.2, 0.25) is 0 Å². The van der Waals surface area contributed by atoms with Crippen LogP contribution in [0.25, 0.3) is 109 Å². The van der Waals surface area contributed by atoms with Crippen LogP contribution in [-0.4, -0.2) is 4.98 Å². The lowest BCUT2D eigenvalue weighted by atomic mass is 9.85. The summed E-state index contributed by atoms with van der Waals surface area (Å²) < 4.78 is 0. The molecule has 0 aliphatic carbocycles. The number of hydrogen-bond donors (Lipinski definition) is 1. The molecule has 0 aliphatic rings. The Kier molecular flexibility index (Phi) is 6.62. The monoisotopic (exact) mass is 671 g/mol. The molecule has 1 nitrogen and oxygen atoms in total. The Balaban J connectivity index is 1.05. The molecule has 53 heavy (non-hydrogen) atoms. The second-order valence-electron chi connectivity index (χ2n) is 14.1. The van der Waals surface area contributed by atoms with E-state index in [2.05, 4.69) is 199 Å². The number of aromatic nitrogens is 1. The Bertz CT molecular complexity index is 3150. The summed E-state index contributed by atoms with van der Waals surface area (Å²) in [7, 11) is 0. The molecule has 0 radical (unpaired) electrons. The van der Waals surface area contributed by atoms with E-state index in [1.807, 2.05) is 0 Å². The minimum atomic E-state index is 1.16. The Morgan fingerprint density at radius 1 is 0.264 bits per heavy atom. The van der Waals surface area contributed by atoms with Crippen LogP contribution in [0.5, 0.6) is 0 Å². The van der Waals surface area contributed by atoms with E-state index < -0.39 is 0 Å². The standard InChI is InChI=1S/C52H33N/c1-3-16-40-33(11-1)13-10-22-41(40)35-23-25-36(26-24-35)50-44-18-5-7-20-46(44)51(47-21-8-6-19-45(47)50)39-15-9-14-37(31-39)38-28-29-43-48-30-27-34-12-2-4-17-42(34)52(48)53-49(43)32-38/h1-32,53H. The summed E-state index contributed by atoms with van der Waals surface area (Å²) >= 11 is 0. The molecule has 11 aromatic rings. The third-order valence-electron chi connectivity index (χ3n) is 11.2. The lowest BCUT2D eigenvalue weighted by Crippen LogP contribution is -1.91. The maximum absolute atomic E-state index is 3.77. The first-order chi connectivity index (χ1) is 26.3. The average Bonchev–Trinajstić information content (AvgIpc) is 3.61. The molecule has 0 bridgehead atoms. The smallest absolute Gasteiger partial charge is 0.0544 e. The van der Waals surface area contributed by atoms with Gasteiger partial charge in [-0.2, -0.15) is 0 Å². The van der Waals surface area contributed by atoms with Crippen molar-refractivity contribution < 1.29 is 0 Å². The molecule has 0 atom stereocenters. The number of fused-ring (bicyclic) bond motifs is 8. The van der Waals surface area contributed by atoms with Gasteiger partial charge in [0.15, 0.2) is 0 Å². The SMILES string of the molecule is c1cc(-c2ccc3c(c2)[nH]c2c4ccccc4ccc32)cc(-c2c3ccccc3c(-c3ccc(-c4cccc5ccccc45)cc3)c3ccccc23)c1. The van der Waals surface area contributed by atoms with Crippen LogP contribution in [0.1, 0.15) is 0 Å². The van der Waals surface area contributed by atoms with Crippen molar-refractivity contribution in [1.82, 2.24) is 4.98 Å². The van der Waals surface area contributed by atoms with E-state index in [0.717, 1.165) is 5.52 Å². The van der Waals surface area contributed by atoms with Crippen molar-refractivity contribution in [1.29, 1.82) is 0 Å². The van der Waals surface area contributed by atoms with Gasteiger partial charge < -0.3 is 4.98 Å². The van der Waals surface area contributed by atoms with Crippen LogP contribution in [0.15, 0.2) is 194 Å². The highest BCUT2D eigenvalue weighted by atomic mass is 14.7. The number of hydrogen-bond acceptors (Lipinski definition) is 0. The molecule has 0 aliphatic heterocycles. The van der Waals surface area contributed by atoms with Crippen molar-refractivity contribution in [2.75, 3.05) is 0 Å². The topological polar surface area (TPSA) is 15.8 Å². The normalized spacial score (nSPS) is 11.8. The van der Waals surface area contributed by atoms with Gasteiger partial charge in [0, 0.05) is 21.7 Å². The molecule has 0 saturated carbocycles. The van der Waals surface area contributed by atoms with Gasteiger partial charge in [0.25, 0.3) is 0 Å². The third-order valence-corrected chi connectivity index (χ3v) is 11.2. The predicted molar refractivity (Wildman–Crippen MR) is 228 cm³/mol. The molecule has 1 N–H and O–H groups in total. The summed E-state index contributed by atoms with van der Waals surface area (Å²) in [5, 5.41) is 12.6. The Hall–Kier alpha value is -6.96. The molecule has 1 heteroatoms. The number of H-pyrrole nitrogens is 1. The second kappa shape index (κ2) is 11.8. The van der Waals surface area contributed by atoms with Crippen LogP contribution >= 0.6 is 0 Å². The van der Waals surface area contributed by atoms with E-state index in [0.29, 0.717) is 0 Å². The van der Waals surface area contributed by atoms with Crippen LogP contribution in [0, 0.1) is 0 Å². The van der Waals surface area contributed by atoms with E-state index in [1.165, 1.54) is 104 Å². The van der Waals surface area contributed by atoms with Gasteiger partial charge >= 0.3 is 0 Å². The van der Waals surface area contributed by atoms with E-state index >= 15 is 0 Å². The van der Waals surface area contributed by atoms with Gasteiger partial charge in [-0.05, 0) is 94.3 Å². The van der Waals surface area contributed by atoms with Crippen molar-refractivity contribution in [2.45, 2.75) is 0 Å². The molecule has 0 spiro atoms. The van der Waals surface area contributed by atoms with Gasteiger partial charge in [-0.25, -0.2) is 0 Å². The highest BCUT2D eigenvalue weighted by Crippen LogP contribution is 2.45. The fourth-order valence-corrected chi connectivity index (χ4v) is 8.73. The zero-order valence-electron chi connectivity index (χ0n) is 29.0. The minimum absolute atomic E-state index is 1.16. The molecule has 0 unspecified atom stereocenters. The highest BCUT2D eigenvalue weighted by Gasteiger charge is 2.18. The fraction of sp³-hybridized carbons (Fsp3) is 0. The lowest BCUT2D eigenvalue weighted by molar-refractivity contribution is 1.55.